The molecule has 1 atom stereocenters. The number of rotatable bonds is 7. The first-order chi connectivity index (χ1) is 11.5. The van der Waals surface area contributed by atoms with Crippen molar-refractivity contribution in [3.05, 3.63) is 53.6 Å². The summed E-state index contributed by atoms with van der Waals surface area (Å²) in [4.78, 5) is 12.3. The quantitative estimate of drug-likeness (QED) is 0.729. The van der Waals surface area contributed by atoms with Gasteiger partial charge in [-0.1, -0.05) is 12.1 Å². The van der Waals surface area contributed by atoms with Crippen LogP contribution in [0.1, 0.15) is 25.0 Å². The topological polar surface area (TPSA) is 70.6 Å². The Hall–Kier alpha value is -2.53. The molecular weight excluding hydrogens is 304 g/mol. The molecule has 0 aliphatic rings. The second-order valence-electron chi connectivity index (χ2n) is 5.64. The summed E-state index contributed by atoms with van der Waals surface area (Å²) in [5.41, 5.74) is 3.31. The van der Waals surface area contributed by atoms with Crippen molar-refractivity contribution in [3.8, 4) is 5.75 Å². The Balaban J connectivity index is 2.03. The summed E-state index contributed by atoms with van der Waals surface area (Å²) in [5, 5.41) is 15.5. The molecule has 3 N–H and O–H groups in total. The molecule has 0 aliphatic heterocycles. The summed E-state index contributed by atoms with van der Waals surface area (Å²) in [6, 6.07) is 12.7. The molecule has 2 aromatic carbocycles. The average Bonchev–Trinajstić information content (AvgIpc) is 2.56. The summed E-state index contributed by atoms with van der Waals surface area (Å²) < 4.78 is 5.46. The molecule has 128 valence electrons. The Morgan fingerprint density at radius 2 is 2.00 bits per heavy atom. The lowest BCUT2D eigenvalue weighted by molar-refractivity contribution is -0.116. The van der Waals surface area contributed by atoms with Crippen LogP contribution in [0.2, 0.25) is 0 Å². The zero-order valence-corrected chi connectivity index (χ0v) is 14.3. The van der Waals surface area contributed by atoms with Gasteiger partial charge in [0.05, 0.1) is 13.2 Å². The van der Waals surface area contributed by atoms with Crippen LogP contribution in [0.25, 0.3) is 0 Å². The van der Waals surface area contributed by atoms with Gasteiger partial charge in [0.2, 0.25) is 5.91 Å². The van der Waals surface area contributed by atoms with E-state index in [1.165, 1.54) is 0 Å². The van der Waals surface area contributed by atoms with Crippen LogP contribution in [0, 0.1) is 6.92 Å². The van der Waals surface area contributed by atoms with E-state index in [0.29, 0.717) is 17.9 Å². The van der Waals surface area contributed by atoms with E-state index in [4.69, 9.17) is 4.74 Å². The number of carbonyl (C=O) groups is 1. The number of hydrogen-bond donors (Lipinski definition) is 3. The normalized spacial score (nSPS) is 11.7. The summed E-state index contributed by atoms with van der Waals surface area (Å²) >= 11 is 0. The van der Waals surface area contributed by atoms with Crippen LogP contribution in [0.5, 0.6) is 5.75 Å². The number of aryl methyl sites for hydroxylation is 1. The highest BCUT2D eigenvalue weighted by molar-refractivity contribution is 5.96. The van der Waals surface area contributed by atoms with Crippen LogP contribution in [0.3, 0.4) is 0 Å². The number of aliphatic hydroxyl groups excluding tert-OH is 1. The zero-order chi connectivity index (χ0) is 17.5. The second-order valence-corrected chi connectivity index (χ2v) is 5.64. The van der Waals surface area contributed by atoms with Crippen molar-refractivity contribution in [3.63, 3.8) is 0 Å². The number of benzene rings is 2. The Morgan fingerprint density at radius 1 is 1.21 bits per heavy atom. The van der Waals surface area contributed by atoms with Crippen molar-refractivity contribution in [1.82, 2.24) is 0 Å². The number of amides is 1. The third-order valence-corrected chi connectivity index (χ3v) is 3.59. The van der Waals surface area contributed by atoms with Crippen LogP contribution in [-0.4, -0.2) is 23.7 Å². The number of carbonyl (C=O) groups excluding carboxylic acids is 1. The van der Waals surface area contributed by atoms with Crippen LogP contribution in [0.15, 0.2) is 42.5 Å². The van der Waals surface area contributed by atoms with E-state index in [1.807, 2.05) is 44.2 Å². The fourth-order valence-electron chi connectivity index (χ4n) is 2.38. The SMILES string of the molecule is CCOc1ccc(NC(C)C(=O)Nc2cccc(C)c2)cc1CO. The highest BCUT2D eigenvalue weighted by Crippen LogP contribution is 2.23. The molecule has 0 aromatic heterocycles. The molecule has 1 amide bonds. The van der Waals surface area contributed by atoms with E-state index < -0.39 is 6.04 Å². The lowest BCUT2D eigenvalue weighted by Gasteiger charge is -2.17. The van der Waals surface area contributed by atoms with Crippen LogP contribution in [-0.2, 0) is 11.4 Å². The molecule has 0 saturated carbocycles. The molecule has 0 saturated heterocycles. The van der Waals surface area contributed by atoms with Gasteiger partial charge in [0.1, 0.15) is 11.8 Å². The van der Waals surface area contributed by atoms with Crippen LogP contribution >= 0.6 is 0 Å². The molecular formula is C19H24N2O3. The maximum atomic E-state index is 12.3. The number of aliphatic hydroxyl groups is 1. The monoisotopic (exact) mass is 328 g/mol. The molecule has 0 spiro atoms. The molecule has 2 aromatic rings. The number of hydrogen-bond acceptors (Lipinski definition) is 4. The van der Waals surface area contributed by atoms with E-state index in [9.17, 15) is 9.90 Å². The lowest BCUT2D eigenvalue weighted by atomic mass is 10.1. The van der Waals surface area contributed by atoms with E-state index in [2.05, 4.69) is 10.6 Å². The van der Waals surface area contributed by atoms with Gasteiger partial charge in [-0.15, -0.1) is 0 Å². The number of anilines is 2. The third kappa shape index (κ3) is 4.73. The smallest absolute Gasteiger partial charge is 0.246 e. The predicted octanol–water partition coefficient (Wildman–Crippen LogP) is 3.33. The molecule has 5 nitrogen and oxygen atoms in total. The molecule has 24 heavy (non-hydrogen) atoms. The molecule has 5 heteroatoms. The fraction of sp³-hybridized carbons (Fsp3) is 0.316. The maximum absolute atomic E-state index is 12.3. The Kier molecular flexibility index (Phi) is 6.21. The van der Waals surface area contributed by atoms with Crippen molar-refractivity contribution in [2.24, 2.45) is 0 Å². The highest BCUT2D eigenvalue weighted by atomic mass is 16.5. The summed E-state index contributed by atoms with van der Waals surface area (Å²) in [6.45, 7) is 6.09. The van der Waals surface area contributed by atoms with Gasteiger partial charge in [0, 0.05) is 16.9 Å². The molecule has 0 fully saturated rings. The largest absolute Gasteiger partial charge is 0.494 e. The maximum Gasteiger partial charge on any atom is 0.246 e. The van der Waals surface area contributed by atoms with E-state index in [1.54, 1.807) is 19.1 Å². The standard InChI is InChI=1S/C19H24N2O3/c1-4-24-18-9-8-17(11-15(18)12-22)20-14(3)19(23)21-16-7-5-6-13(2)10-16/h5-11,14,20,22H,4,12H2,1-3H3,(H,21,23). The van der Waals surface area contributed by atoms with Gasteiger partial charge in [-0.2, -0.15) is 0 Å². The van der Waals surface area contributed by atoms with Crippen molar-refractivity contribution >= 4 is 17.3 Å². The molecule has 2 rings (SSSR count). The fourth-order valence-corrected chi connectivity index (χ4v) is 2.38. The summed E-state index contributed by atoms with van der Waals surface area (Å²) in [7, 11) is 0. The molecule has 0 radical (unpaired) electrons. The Labute approximate surface area is 142 Å². The molecule has 1 unspecified atom stereocenters. The van der Waals surface area contributed by atoms with Crippen molar-refractivity contribution in [2.45, 2.75) is 33.4 Å². The first-order valence-corrected chi connectivity index (χ1v) is 8.04. The highest BCUT2D eigenvalue weighted by Gasteiger charge is 2.14. The minimum absolute atomic E-state index is 0.116. The number of nitrogens with one attached hydrogen (secondary N) is 2. The first-order valence-electron chi connectivity index (χ1n) is 8.04. The van der Waals surface area contributed by atoms with E-state index >= 15 is 0 Å². The Bertz CT molecular complexity index is 701. The van der Waals surface area contributed by atoms with Gasteiger partial charge in [-0.25, -0.2) is 0 Å². The summed E-state index contributed by atoms with van der Waals surface area (Å²) in [6.07, 6.45) is 0. The predicted molar refractivity (Wildman–Crippen MR) is 96.4 cm³/mol. The van der Waals surface area contributed by atoms with Crippen molar-refractivity contribution in [2.75, 3.05) is 17.2 Å². The van der Waals surface area contributed by atoms with Crippen molar-refractivity contribution < 1.29 is 14.6 Å². The van der Waals surface area contributed by atoms with Crippen LogP contribution in [0.4, 0.5) is 11.4 Å². The Morgan fingerprint density at radius 3 is 2.67 bits per heavy atom. The molecule has 0 bridgehead atoms. The molecule has 0 aliphatic carbocycles. The summed E-state index contributed by atoms with van der Waals surface area (Å²) in [5.74, 6) is 0.530. The molecule has 0 heterocycles. The average molecular weight is 328 g/mol. The minimum atomic E-state index is -0.421. The minimum Gasteiger partial charge on any atom is -0.494 e. The van der Waals surface area contributed by atoms with E-state index in [-0.39, 0.29) is 12.5 Å². The van der Waals surface area contributed by atoms with Gasteiger partial charge < -0.3 is 20.5 Å². The zero-order valence-electron chi connectivity index (χ0n) is 14.3. The van der Waals surface area contributed by atoms with Gasteiger partial charge in [-0.3, -0.25) is 4.79 Å². The number of ether oxygens (including phenoxy) is 1. The van der Waals surface area contributed by atoms with Gasteiger partial charge >= 0.3 is 0 Å². The van der Waals surface area contributed by atoms with Crippen molar-refractivity contribution in [1.29, 1.82) is 0 Å². The van der Waals surface area contributed by atoms with Gasteiger partial charge in [-0.05, 0) is 56.7 Å². The van der Waals surface area contributed by atoms with Crippen LogP contribution < -0.4 is 15.4 Å². The van der Waals surface area contributed by atoms with E-state index in [0.717, 1.165) is 16.9 Å². The lowest BCUT2D eigenvalue weighted by Crippen LogP contribution is -2.31. The first kappa shape index (κ1) is 17.8. The second kappa shape index (κ2) is 8.36. The third-order valence-electron chi connectivity index (χ3n) is 3.59. The van der Waals surface area contributed by atoms with Gasteiger partial charge in [0.25, 0.3) is 0 Å². The van der Waals surface area contributed by atoms with Gasteiger partial charge in [0.15, 0.2) is 0 Å².